The first kappa shape index (κ1) is 15.6. The van der Waals surface area contributed by atoms with Crippen LogP contribution in [0.2, 0.25) is 5.02 Å². The summed E-state index contributed by atoms with van der Waals surface area (Å²) in [4.78, 5) is 2.30. The van der Waals surface area contributed by atoms with Crippen LogP contribution in [0.4, 0.5) is 0 Å². The Morgan fingerprint density at radius 3 is 2.38 bits per heavy atom. The van der Waals surface area contributed by atoms with Crippen LogP contribution in [0, 0.1) is 0 Å². The maximum absolute atomic E-state index is 10.6. The van der Waals surface area contributed by atoms with Gasteiger partial charge in [-0.05, 0) is 23.8 Å². The molecule has 1 saturated heterocycles. The second-order valence-corrected chi connectivity index (χ2v) is 6.30. The number of halogens is 1. The van der Waals surface area contributed by atoms with Gasteiger partial charge in [0.05, 0.1) is 19.3 Å². The summed E-state index contributed by atoms with van der Waals surface area (Å²) in [6, 6.07) is 11.1. The number of hydrogen-bond acceptors (Lipinski definition) is 5. The molecule has 6 heteroatoms. The summed E-state index contributed by atoms with van der Waals surface area (Å²) in [6.07, 6.45) is 0. The van der Waals surface area contributed by atoms with Gasteiger partial charge in [-0.25, -0.2) is 0 Å². The molecule has 2 aromatic carbocycles. The lowest BCUT2D eigenvalue weighted by Crippen LogP contribution is -2.39. The third kappa shape index (κ3) is 2.90. The highest BCUT2D eigenvalue weighted by Crippen LogP contribution is 2.43. The van der Waals surface area contributed by atoms with Gasteiger partial charge in [0.15, 0.2) is 11.5 Å². The van der Waals surface area contributed by atoms with Crippen LogP contribution < -0.4 is 9.47 Å². The molecule has 24 heavy (non-hydrogen) atoms. The van der Waals surface area contributed by atoms with Gasteiger partial charge in [-0.1, -0.05) is 23.7 Å². The molecule has 0 unspecified atom stereocenters. The predicted octanol–water partition coefficient (Wildman–Crippen LogP) is 3.20. The minimum Gasteiger partial charge on any atom is -0.507 e. The van der Waals surface area contributed by atoms with Crippen molar-refractivity contribution in [1.29, 1.82) is 0 Å². The van der Waals surface area contributed by atoms with Crippen molar-refractivity contribution in [1.82, 2.24) is 4.90 Å². The van der Waals surface area contributed by atoms with Crippen molar-refractivity contribution in [3.63, 3.8) is 0 Å². The summed E-state index contributed by atoms with van der Waals surface area (Å²) >= 11 is 6.04. The standard InChI is InChI=1S/C18H18ClNO4/c19-13-3-1-12(2-4-13)18(20-5-7-22-8-6-20)14-9-16-17(10-15(14)21)24-11-23-16/h1-4,9-10,18,21H,5-8,11H2/t18-/m1/s1. The van der Waals surface area contributed by atoms with Crippen molar-refractivity contribution in [2.75, 3.05) is 33.1 Å². The van der Waals surface area contributed by atoms with E-state index in [0.717, 1.165) is 24.2 Å². The molecular weight excluding hydrogens is 330 g/mol. The number of ether oxygens (including phenoxy) is 3. The molecule has 2 heterocycles. The van der Waals surface area contributed by atoms with Gasteiger partial charge >= 0.3 is 0 Å². The summed E-state index contributed by atoms with van der Waals surface area (Å²) in [5.74, 6) is 1.44. The van der Waals surface area contributed by atoms with E-state index in [0.29, 0.717) is 29.7 Å². The fourth-order valence-electron chi connectivity index (χ4n) is 3.23. The number of morpholine rings is 1. The number of phenols is 1. The monoisotopic (exact) mass is 347 g/mol. The van der Waals surface area contributed by atoms with Crippen molar-refractivity contribution in [3.8, 4) is 17.2 Å². The van der Waals surface area contributed by atoms with E-state index in [1.54, 1.807) is 6.07 Å². The third-order valence-corrected chi connectivity index (χ3v) is 4.67. The first-order chi connectivity index (χ1) is 11.7. The summed E-state index contributed by atoms with van der Waals surface area (Å²) < 4.78 is 16.3. The molecule has 0 radical (unpaired) electrons. The van der Waals surface area contributed by atoms with Crippen molar-refractivity contribution in [2.24, 2.45) is 0 Å². The van der Waals surface area contributed by atoms with Gasteiger partial charge in [0, 0.05) is 29.7 Å². The zero-order valence-corrected chi connectivity index (χ0v) is 13.8. The van der Waals surface area contributed by atoms with Crippen LogP contribution in [0.3, 0.4) is 0 Å². The van der Waals surface area contributed by atoms with Gasteiger partial charge in [0.25, 0.3) is 0 Å². The maximum atomic E-state index is 10.6. The molecule has 0 amide bonds. The fraction of sp³-hybridized carbons (Fsp3) is 0.333. The Labute approximate surface area is 145 Å². The van der Waals surface area contributed by atoms with Crippen LogP contribution in [-0.2, 0) is 4.74 Å². The smallest absolute Gasteiger partial charge is 0.231 e. The number of fused-ring (bicyclic) bond motifs is 1. The van der Waals surface area contributed by atoms with E-state index in [1.165, 1.54) is 0 Å². The Morgan fingerprint density at radius 2 is 1.67 bits per heavy atom. The quantitative estimate of drug-likeness (QED) is 0.924. The molecule has 2 aliphatic heterocycles. The van der Waals surface area contributed by atoms with Gasteiger partial charge in [0.1, 0.15) is 5.75 Å². The lowest BCUT2D eigenvalue weighted by atomic mass is 9.95. The Hall–Kier alpha value is -1.95. The zero-order valence-electron chi connectivity index (χ0n) is 13.1. The van der Waals surface area contributed by atoms with Gasteiger partial charge in [0.2, 0.25) is 6.79 Å². The highest BCUT2D eigenvalue weighted by molar-refractivity contribution is 6.30. The molecule has 0 spiro atoms. The van der Waals surface area contributed by atoms with E-state index >= 15 is 0 Å². The highest BCUT2D eigenvalue weighted by atomic mass is 35.5. The molecule has 126 valence electrons. The summed E-state index contributed by atoms with van der Waals surface area (Å²) in [5.41, 5.74) is 1.86. The SMILES string of the molecule is Oc1cc2c(cc1[C@@H](c1ccc(Cl)cc1)N1CCOCC1)OCO2. The Morgan fingerprint density at radius 1 is 1.00 bits per heavy atom. The summed E-state index contributed by atoms with van der Waals surface area (Å²) in [5, 5.41) is 11.3. The molecule has 0 aliphatic carbocycles. The average molecular weight is 348 g/mol. The largest absolute Gasteiger partial charge is 0.507 e. The van der Waals surface area contributed by atoms with Gasteiger partial charge in [-0.15, -0.1) is 0 Å². The number of rotatable bonds is 3. The first-order valence-electron chi connectivity index (χ1n) is 7.92. The molecule has 2 aliphatic rings. The van der Waals surface area contributed by atoms with Crippen LogP contribution >= 0.6 is 11.6 Å². The fourth-order valence-corrected chi connectivity index (χ4v) is 3.36. The topological polar surface area (TPSA) is 51.2 Å². The van der Waals surface area contributed by atoms with E-state index in [4.69, 9.17) is 25.8 Å². The second kappa shape index (κ2) is 6.51. The molecule has 0 saturated carbocycles. The number of phenolic OH excluding ortho intramolecular Hbond substituents is 1. The molecule has 2 aromatic rings. The van der Waals surface area contributed by atoms with E-state index in [9.17, 15) is 5.11 Å². The Balaban J connectivity index is 1.78. The van der Waals surface area contributed by atoms with Crippen molar-refractivity contribution in [2.45, 2.75) is 6.04 Å². The average Bonchev–Trinajstić information content (AvgIpc) is 3.05. The van der Waals surface area contributed by atoms with Crippen LogP contribution in [-0.4, -0.2) is 43.1 Å². The molecule has 1 fully saturated rings. The van der Waals surface area contributed by atoms with Gasteiger partial charge < -0.3 is 19.3 Å². The van der Waals surface area contributed by atoms with E-state index < -0.39 is 0 Å². The van der Waals surface area contributed by atoms with Crippen LogP contribution in [0.25, 0.3) is 0 Å². The molecule has 0 bridgehead atoms. The molecule has 0 aromatic heterocycles. The maximum Gasteiger partial charge on any atom is 0.231 e. The molecular formula is C18H18ClNO4. The highest BCUT2D eigenvalue weighted by Gasteiger charge is 2.29. The summed E-state index contributed by atoms with van der Waals surface area (Å²) in [6.45, 7) is 3.12. The van der Waals surface area contributed by atoms with Crippen LogP contribution in [0.15, 0.2) is 36.4 Å². The number of hydrogen-bond donors (Lipinski definition) is 1. The predicted molar refractivity (Wildman–Crippen MR) is 89.9 cm³/mol. The van der Waals surface area contributed by atoms with Crippen molar-refractivity contribution >= 4 is 11.6 Å². The molecule has 1 atom stereocenters. The lowest BCUT2D eigenvalue weighted by Gasteiger charge is -2.35. The minimum absolute atomic E-state index is 0.0966. The Kier molecular flexibility index (Phi) is 4.22. The zero-order chi connectivity index (χ0) is 16.5. The number of nitrogens with zero attached hydrogens (tertiary/aromatic N) is 1. The van der Waals surface area contributed by atoms with E-state index in [1.807, 2.05) is 30.3 Å². The van der Waals surface area contributed by atoms with E-state index in [2.05, 4.69) is 4.90 Å². The summed E-state index contributed by atoms with van der Waals surface area (Å²) in [7, 11) is 0. The normalized spacial score (nSPS) is 18.5. The third-order valence-electron chi connectivity index (χ3n) is 4.41. The Bertz CT molecular complexity index is 729. The number of aromatic hydroxyl groups is 1. The lowest BCUT2D eigenvalue weighted by molar-refractivity contribution is 0.0235. The molecule has 1 N–H and O–H groups in total. The first-order valence-corrected chi connectivity index (χ1v) is 8.30. The second-order valence-electron chi connectivity index (χ2n) is 5.87. The van der Waals surface area contributed by atoms with Crippen molar-refractivity contribution < 1.29 is 19.3 Å². The van der Waals surface area contributed by atoms with Gasteiger partial charge in [-0.3, -0.25) is 4.90 Å². The van der Waals surface area contributed by atoms with Crippen LogP contribution in [0.5, 0.6) is 17.2 Å². The molecule has 5 nitrogen and oxygen atoms in total. The van der Waals surface area contributed by atoms with Crippen LogP contribution in [0.1, 0.15) is 17.2 Å². The van der Waals surface area contributed by atoms with E-state index in [-0.39, 0.29) is 18.6 Å². The van der Waals surface area contributed by atoms with Crippen molar-refractivity contribution in [3.05, 3.63) is 52.5 Å². The van der Waals surface area contributed by atoms with Gasteiger partial charge in [-0.2, -0.15) is 0 Å². The molecule has 4 rings (SSSR count). The number of benzene rings is 2. The minimum atomic E-state index is -0.0966.